The van der Waals surface area contributed by atoms with Crippen LogP contribution in [0.5, 0.6) is 5.75 Å². The van der Waals surface area contributed by atoms with Crippen LogP contribution in [-0.4, -0.2) is 13.0 Å². The number of hydrogen-bond acceptors (Lipinski definition) is 4. The van der Waals surface area contributed by atoms with Crippen LogP contribution in [0.2, 0.25) is 0 Å². The molecule has 0 bridgehead atoms. The molecule has 3 N–H and O–H groups in total. The molecule has 2 aromatic rings. The van der Waals surface area contributed by atoms with E-state index in [-0.39, 0.29) is 6.04 Å². The Kier molecular flexibility index (Phi) is 3.84. The summed E-state index contributed by atoms with van der Waals surface area (Å²) in [4.78, 5) is 12.7. The molecule has 5 heteroatoms. The molecule has 110 valence electrons. The summed E-state index contributed by atoms with van der Waals surface area (Å²) in [7, 11) is 1.63. The maximum Gasteiger partial charge on any atom is 0.248 e. The third kappa shape index (κ3) is 3.03. The van der Waals surface area contributed by atoms with Gasteiger partial charge in [-0.2, -0.15) is 0 Å². The van der Waals surface area contributed by atoms with Gasteiger partial charge in [0.2, 0.25) is 5.91 Å². The van der Waals surface area contributed by atoms with Gasteiger partial charge >= 0.3 is 0 Å². The highest BCUT2D eigenvalue weighted by Crippen LogP contribution is 2.45. The predicted molar refractivity (Wildman–Crippen MR) is 84.9 cm³/mol. The number of rotatable bonds is 6. The molecule has 4 nitrogen and oxygen atoms in total. The summed E-state index contributed by atoms with van der Waals surface area (Å²) in [5, 5.41) is 5.62. The van der Waals surface area contributed by atoms with Crippen LogP contribution >= 0.6 is 11.3 Å². The maximum atomic E-state index is 11.4. The monoisotopic (exact) mass is 302 g/mol. The normalized spacial score (nSPS) is 15.5. The van der Waals surface area contributed by atoms with Crippen LogP contribution in [0.1, 0.15) is 34.1 Å². The molecule has 1 aromatic heterocycles. The lowest BCUT2D eigenvalue weighted by Gasteiger charge is -2.20. The van der Waals surface area contributed by atoms with Crippen molar-refractivity contribution < 1.29 is 9.53 Å². The highest BCUT2D eigenvalue weighted by molar-refractivity contribution is 7.10. The molecule has 0 spiro atoms. The summed E-state index contributed by atoms with van der Waals surface area (Å²) in [6, 6.07) is 9.70. The molecule has 0 saturated heterocycles. The largest absolute Gasteiger partial charge is 0.495 e. The van der Waals surface area contributed by atoms with Crippen molar-refractivity contribution in [1.82, 2.24) is 0 Å². The summed E-state index contributed by atoms with van der Waals surface area (Å²) in [5.41, 5.74) is 6.67. The number of benzene rings is 1. The first-order valence-corrected chi connectivity index (χ1v) is 7.85. The Morgan fingerprint density at radius 3 is 2.81 bits per heavy atom. The number of amides is 1. The zero-order chi connectivity index (χ0) is 14.8. The van der Waals surface area contributed by atoms with Crippen LogP contribution in [-0.2, 0) is 0 Å². The Hall–Kier alpha value is -2.01. The van der Waals surface area contributed by atoms with Crippen molar-refractivity contribution in [2.45, 2.75) is 18.9 Å². The lowest BCUT2D eigenvalue weighted by molar-refractivity contribution is 0.100. The van der Waals surface area contributed by atoms with Crippen LogP contribution in [0.4, 0.5) is 5.69 Å². The van der Waals surface area contributed by atoms with Gasteiger partial charge in [-0.05, 0) is 48.4 Å². The van der Waals surface area contributed by atoms with E-state index in [9.17, 15) is 4.79 Å². The minimum atomic E-state index is -0.431. The number of anilines is 1. The second kappa shape index (κ2) is 5.77. The fourth-order valence-electron chi connectivity index (χ4n) is 2.46. The molecule has 1 aromatic carbocycles. The van der Waals surface area contributed by atoms with Gasteiger partial charge in [0.25, 0.3) is 0 Å². The summed E-state index contributed by atoms with van der Waals surface area (Å²) < 4.78 is 5.39. The zero-order valence-corrected chi connectivity index (χ0v) is 12.7. The molecule has 1 amide bonds. The van der Waals surface area contributed by atoms with E-state index in [0.29, 0.717) is 11.5 Å². The van der Waals surface area contributed by atoms with Crippen molar-refractivity contribution in [2.75, 3.05) is 12.4 Å². The first-order chi connectivity index (χ1) is 10.2. The Bertz CT molecular complexity index is 636. The van der Waals surface area contributed by atoms with Crippen molar-refractivity contribution in [3.63, 3.8) is 0 Å². The predicted octanol–water partition coefficient (Wildman–Crippen LogP) is 3.42. The molecule has 1 heterocycles. The van der Waals surface area contributed by atoms with Crippen LogP contribution in [0, 0.1) is 5.92 Å². The molecular weight excluding hydrogens is 284 g/mol. The molecule has 1 unspecified atom stereocenters. The summed E-state index contributed by atoms with van der Waals surface area (Å²) in [6.45, 7) is 0. The molecule has 0 aliphatic heterocycles. The number of carbonyl (C=O) groups is 1. The van der Waals surface area contributed by atoms with Crippen molar-refractivity contribution in [3.05, 3.63) is 46.2 Å². The molecule has 1 saturated carbocycles. The second-order valence-corrected chi connectivity index (χ2v) is 6.23. The first kappa shape index (κ1) is 13.9. The van der Waals surface area contributed by atoms with Crippen LogP contribution in [0.3, 0.4) is 0 Å². The molecule has 1 aliphatic rings. The number of nitrogens with two attached hydrogens (primary N) is 1. The van der Waals surface area contributed by atoms with Gasteiger partial charge in [0.15, 0.2) is 0 Å². The van der Waals surface area contributed by atoms with E-state index in [4.69, 9.17) is 10.5 Å². The number of thiophene rings is 1. The minimum absolute atomic E-state index is 0.266. The van der Waals surface area contributed by atoms with E-state index in [1.54, 1.807) is 36.6 Å². The number of hydrogen-bond donors (Lipinski definition) is 2. The van der Waals surface area contributed by atoms with Crippen LogP contribution in [0.25, 0.3) is 0 Å². The molecule has 1 fully saturated rings. The van der Waals surface area contributed by atoms with Crippen molar-refractivity contribution in [3.8, 4) is 5.75 Å². The van der Waals surface area contributed by atoms with Gasteiger partial charge in [0, 0.05) is 10.4 Å². The van der Waals surface area contributed by atoms with E-state index in [1.807, 2.05) is 0 Å². The molecule has 1 atom stereocenters. The third-order valence-corrected chi connectivity index (χ3v) is 4.69. The SMILES string of the molecule is COc1ccc(C(N)=O)cc1NC(c1cccs1)C1CC1. The molecular formula is C16H18N2O2S. The third-order valence-electron chi connectivity index (χ3n) is 3.74. The van der Waals surface area contributed by atoms with Crippen molar-refractivity contribution >= 4 is 22.9 Å². The smallest absolute Gasteiger partial charge is 0.248 e. The average molecular weight is 302 g/mol. The zero-order valence-electron chi connectivity index (χ0n) is 11.8. The first-order valence-electron chi connectivity index (χ1n) is 6.97. The van der Waals surface area contributed by atoms with Gasteiger partial charge in [-0.15, -0.1) is 11.3 Å². The van der Waals surface area contributed by atoms with E-state index in [1.165, 1.54) is 17.7 Å². The van der Waals surface area contributed by atoms with Gasteiger partial charge in [0.1, 0.15) is 5.75 Å². The van der Waals surface area contributed by atoms with E-state index in [2.05, 4.69) is 22.8 Å². The number of carbonyl (C=O) groups excluding carboxylic acids is 1. The summed E-state index contributed by atoms with van der Waals surface area (Å²) in [6.07, 6.45) is 2.46. The van der Waals surface area contributed by atoms with Crippen molar-refractivity contribution in [1.29, 1.82) is 0 Å². The molecule has 3 rings (SSSR count). The molecule has 0 radical (unpaired) electrons. The van der Waals surface area contributed by atoms with Crippen molar-refractivity contribution in [2.24, 2.45) is 11.7 Å². The van der Waals surface area contributed by atoms with Gasteiger partial charge in [-0.25, -0.2) is 0 Å². The Labute approximate surface area is 127 Å². The Balaban J connectivity index is 1.91. The lowest BCUT2D eigenvalue weighted by Crippen LogP contribution is -2.15. The van der Waals surface area contributed by atoms with Gasteiger partial charge < -0.3 is 15.8 Å². The molecule has 21 heavy (non-hydrogen) atoms. The van der Waals surface area contributed by atoms with E-state index < -0.39 is 5.91 Å². The van der Waals surface area contributed by atoms with E-state index >= 15 is 0 Å². The Morgan fingerprint density at radius 2 is 2.24 bits per heavy atom. The fraction of sp³-hybridized carbons (Fsp3) is 0.312. The fourth-order valence-corrected chi connectivity index (χ4v) is 3.33. The quantitative estimate of drug-likeness (QED) is 0.859. The number of methoxy groups -OCH3 is 1. The highest BCUT2D eigenvalue weighted by atomic mass is 32.1. The average Bonchev–Trinajstić information content (AvgIpc) is 3.18. The standard InChI is InChI=1S/C16H18N2O2S/c1-20-13-7-6-11(16(17)19)9-12(13)18-15(10-4-5-10)14-3-2-8-21-14/h2-3,6-10,15,18H,4-5H2,1H3,(H2,17,19). The summed E-state index contributed by atoms with van der Waals surface area (Å²) in [5.74, 6) is 0.938. The number of primary amides is 1. The second-order valence-electron chi connectivity index (χ2n) is 5.25. The number of ether oxygens (including phenoxy) is 1. The van der Waals surface area contributed by atoms with E-state index in [0.717, 1.165) is 11.4 Å². The van der Waals surface area contributed by atoms with Gasteiger partial charge in [-0.1, -0.05) is 6.07 Å². The topological polar surface area (TPSA) is 64.3 Å². The van der Waals surface area contributed by atoms with Crippen LogP contribution in [0.15, 0.2) is 35.7 Å². The number of nitrogens with one attached hydrogen (secondary N) is 1. The van der Waals surface area contributed by atoms with Gasteiger partial charge in [-0.3, -0.25) is 4.79 Å². The summed E-state index contributed by atoms with van der Waals surface area (Å²) >= 11 is 1.75. The minimum Gasteiger partial charge on any atom is -0.495 e. The lowest BCUT2D eigenvalue weighted by atomic mass is 10.1. The molecule has 1 aliphatic carbocycles. The highest BCUT2D eigenvalue weighted by Gasteiger charge is 2.33. The maximum absolute atomic E-state index is 11.4. The van der Waals surface area contributed by atoms with Crippen LogP contribution < -0.4 is 15.8 Å². The van der Waals surface area contributed by atoms with Gasteiger partial charge in [0.05, 0.1) is 18.8 Å². The Morgan fingerprint density at radius 1 is 1.43 bits per heavy atom.